The van der Waals surface area contributed by atoms with E-state index in [-0.39, 0.29) is 5.91 Å². The summed E-state index contributed by atoms with van der Waals surface area (Å²) in [6, 6.07) is 9.51. The SMILES string of the molecule is CC#CC(=O)N1CCOc2c1ccc1ncnc(NCc3cccc(Cl)c3C)c21. The Labute approximate surface area is 173 Å². The van der Waals surface area contributed by atoms with Gasteiger partial charge >= 0.3 is 5.91 Å². The Hall–Kier alpha value is -3.30. The molecule has 0 bridgehead atoms. The van der Waals surface area contributed by atoms with Crippen molar-refractivity contribution in [3.63, 3.8) is 0 Å². The highest BCUT2D eigenvalue weighted by molar-refractivity contribution is 6.31. The molecule has 1 amide bonds. The zero-order valence-electron chi connectivity index (χ0n) is 16.1. The molecule has 6 nitrogen and oxygen atoms in total. The first kappa shape index (κ1) is 19.0. The largest absolute Gasteiger partial charge is 0.489 e. The molecule has 0 aliphatic carbocycles. The summed E-state index contributed by atoms with van der Waals surface area (Å²) in [5, 5.41) is 4.84. The van der Waals surface area contributed by atoms with Crippen LogP contribution >= 0.6 is 11.6 Å². The third-order valence-electron chi connectivity index (χ3n) is 4.89. The van der Waals surface area contributed by atoms with Crippen molar-refractivity contribution in [3.8, 4) is 17.6 Å². The molecule has 1 N–H and O–H groups in total. The molecule has 0 fully saturated rings. The van der Waals surface area contributed by atoms with Crippen molar-refractivity contribution < 1.29 is 9.53 Å². The number of nitrogens with one attached hydrogen (secondary N) is 1. The number of carbonyl (C=O) groups is 1. The van der Waals surface area contributed by atoms with Crippen molar-refractivity contribution in [3.05, 3.63) is 52.8 Å². The van der Waals surface area contributed by atoms with Gasteiger partial charge in [-0.1, -0.05) is 29.7 Å². The maximum Gasteiger partial charge on any atom is 0.303 e. The number of amides is 1. The molecule has 0 unspecified atom stereocenters. The van der Waals surface area contributed by atoms with Crippen LogP contribution in [0.3, 0.4) is 0 Å². The van der Waals surface area contributed by atoms with Crippen molar-refractivity contribution in [2.75, 3.05) is 23.4 Å². The molecule has 0 spiro atoms. The van der Waals surface area contributed by atoms with Crippen LogP contribution in [0.15, 0.2) is 36.7 Å². The standard InChI is InChI=1S/C22H19ClN4O2/c1-3-5-19(28)27-10-11-29-21-18(27)9-8-17-20(21)22(26-13-25-17)24-12-15-6-4-7-16(23)14(15)2/h4,6-9,13H,10-12H2,1-2H3,(H,24,25,26). The molecule has 3 aromatic rings. The lowest BCUT2D eigenvalue weighted by atomic mass is 10.1. The zero-order valence-corrected chi connectivity index (χ0v) is 16.9. The van der Waals surface area contributed by atoms with Crippen molar-refractivity contribution >= 4 is 39.9 Å². The minimum atomic E-state index is -0.252. The van der Waals surface area contributed by atoms with Gasteiger partial charge in [0.25, 0.3) is 0 Å². The van der Waals surface area contributed by atoms with Crippen LogP contribution in [0.2, 0.25) is 5.02 Å². The molecule has 0 saturated carbocycles. The van der Waals surface area contributed by atoms with Gasteiger partial charge in [-0.25, -0.2) is 9.97 Å². The number of aromatic nitrogens is 2. The van der Waals surface area contributed by atoms with Gasteiger partial charge in [0.2, 0.25) is 0 Å². The molecular formula is C22H19ClN4O2. The highest BCUT2D eigenvalue weighted by atomic mass is 35.5. The van der Waals surface area contributed by atoms with Gasteiger partial charge in [0, 0.05) is 11.6 Å². The summed E-state index contributed by atoms with van der Waals surface area (Å²) >= 11 is 6.23. The minimum absolute atomic E-state index is 0.252. The summed E-state index contributed by atoms with van der Waals surface area (Å²) in [6.07, 6.45) is 1.51. The second-order valence-corrected chi connectivity index (χ2v) is 7.00. The van der Waals surface area contributed by atoms with Crippen LogP contribution in [0.25, 0.3) is 10.9 Å². The van der Waals surface area contributed by atoms with E-state index in [1.165, 1.54) is 6.33 Å². The Kier molecular flexibility index (Phi) is 5.24. The van der Waals surface area contributed by atoms with Crippen LogP contribution < -0.4 is 15.0 Å². The minimum Gasteiger partial charge on any atom is -0.489 e. The Morgan fingerprint density at radius 2 is 2.17 bits per heavy atom. The topological polar surface area (TPSA) is 67.4 Å². The number of carbonyl (C=O) groups excluding carboxylic acids is 1. The predicted molar refractivity (Wildman–Crippen MR) is 114 cm³/mol. The lowest BCUT2D eigenvalue weighted by Crippen LogP contribution is -2.37. The molecule has 0 saturated heterocycles. The number of benzene rings is 2. The molecule has 1 aromatic heterocycles. The van der Waals surface area contributed by atoms with E-state index in [2.05, 4.69) is 27.1 Å². The van der Waals surface area contributed by atoms with E-state index in [4.69, 9.17) is 16.3 Å². The Morgan fingerprint density at radius 3 is 3.00 bits per heavy atom. The molecule has 2 aromatic carbocycles. The highest BCUT2D eigenvalue weighted by Crippen LogP contribution is 2.40. The average Bonchev–Trinajstić information content (AvgIpc) is 2.74. The fourth-order valence-electron chi connectivity index (χ4n) is 3.37. The summed E-state index contributed by atoms with van der Waals surface area (Å²) in [5.74, 6) is 6.24. The van der Waals surface area contributed by atoms with Crippen LogP contribution in [0.5, 0.6) is 5.75 Å². The second kappa shape index (κ2) is 7.98. The highest BCUT2D eigenvalue weighted by Gasteiger charge is 2.26. The van der Waals surface area contributed by atoms with Crippen molar-refractivity contribution in [2.45, 2.75) is 20.4 Å². The Morgan fingerprint density at radius 1 is 1.31 bits per heavy atom. The van der Waals surface area contributed by atoms with E-state index in [0.29, 0.717) is 37.0 Å². The quantitative estimate of drug-likeness (QED) is 0.667. The Balaban J connectivity index is 1.75. The summed E-state index contributed by atoms with van der Waals surface area (Å²) in [7, 11) is 0. The molecule has 29 heavy (non-hydrogen) atoms. The first-order valence-corrected chi connectivity index (χ1v) is 9.60. The monoisotopic (exact) mass is 406 g/mol. The molecule has 2 heterocycles. The van der Waals surface area contributed by atoms with Crippen molar-refractivity contribution in [2.24, 2.45) is 0 Å². The first-order chi connectivity index (χ1) is 14.1. The zero-order chi connectivity index (χ0) is 20.4. The lowest BCUT2D eigenvalue weighted by molar-refractivity contribution is -0.113. The third-order valence-corrected chi connectivity index (χ3v) is 5.30. The maximum atomic E-state index is 12.4. The van der Waals surface area contributed by atoms with Gasteiger partial charge in [-0.05, 0) is 49.1 Å². The van der Waals surface area contributed by atoms with Crippen molar-refractivity contribution in [1.29, 1.82) is 0 Å². The summed E-state index contributed by atoms with van der Waals surface area (Å²) < 4.78 is 5.95. The number of fused-ring (bicyclic) bond motifs is 3. The van der Waals surface area contributed by atoms with Crippen LogP contribution in [0.1, 0.15) is 18.1 Å². The number of ether oxygens (including phenoxy) is 1. The predicted octanol–water partition coefficient (Wildman–Crippen LogP) is 3.95. The van der Waals surface area contributed by atoms with E-state index in [1.807, 2.05) is 37.3 Å². The molecule has 1 aliphatic rings. The van der Waals surface area contributed by atoms with Gasteiger partial charge in [0.15, 0.2) is 5.75 Å². The normalized spacial score (nSPS) is 12.6. The molecule has 0 radical (unpaired) electrons. The van der Waals surface area contributed by atoms with E-state index < -0.39 is 0 Å². The number of halogens is 1. The van der Waals surface area contributed by atoms with Gasteiger partial charge in [-0.15, -0.1) is 0 Å². The van der Waals surface area contributed by atoms with Crippen LogP contribution in [0, 0.1) is 18.8 Å². The van der Waals surface area contributed by atoms with Crippen LogP contribution in [-0.2, 0) is 11.3 Å². The summed E-state index contributed by atoms with van der Waals surface area (Å²) in [4.78, 5) is 22.8. The third kappa shape index (κ3) is 3.57. The molecule has 7 heteroatoms. The average molecular weight is 407 g/mol. The fraction of sp³-hybridized carbons (Fsp3) is 0.227. The number of hydrogen-bond acceptors (Lipinski definition) is 5. The fourth-order valence-corrected chi connectivity index (χ4v) is 3.57. The molecular weight excluding hydrogens is 388 g/mol. The summed E-state index contributed by atoms with van der Waals surface area (Å²) in [6.45, 7) is 5.01. The molecule has 1 aliphatic heterocycles. The number of rotatable bonds is 3. The summed E-state index contributed by atoms with van der Waals surface area (Å²) in [5.41, 5.74) is 3.51. The number of anilines is 2. The van der Waals surface area contributed by atoms with E-state index in [1.54, 1.807) is 11.8 Å². The van der Waals surface area contributed by atoms with Gasteiger partial charge in [-0.2, -0.15) is 0 Å². The van der Waals surface area contributed by atoms with Crippen LogP contribution in [0.4, 0.5) is 11.5 Å². The number of hydrogen-bond donors (Lipinski definition) is 1. The van der Waals surface area contributed by atoms with Gasteiger partial charge in [0.05, 0.1) is 23.1 Å². The van der Waals surface area contributed by atoms with Gasteiger partial charge in [-0.3, -0.25) is 9.69 Å². The first-order valence-electron chi connectivity index (χ1n) is 9.22. The Bertz CT molecular complexity index is 1170. The van der Waals surface area contributed by atoms with Crippen LogP contribution in [-0.4, -0.2) is 29.0 Å². The van der Waals surface area contributed by atoms with Gasteiger partial charge < -0.3 is 10.1 Å². The lowest BCUT2D eigenvalue weighted by Gasteiger charge is -2.29. The van der Waals surface area contributed by atoms with Gasteiger partial charge in [0.1, 0.15) is 18.8 Å². The molecule has 0 atom stereocenters. The van der Waals surface area contributed by atoms with Crippen molar-refractivity contribution in [1.82, 2.24) is 9.97 Å². The van der Waals surface area contributed by atoms with E-state index in [9.17, 15) is 4.79 Å². The second-order valence-electron chi connectivity index (χ2n) is 6.59. The molecule has 4 rings (SSSR count). The molecule has 146 valence electrons. The van der Waals surface area contributed by atoms with E-state index in [0.717, 1.165) is 27.1 Å². The van der Waals surface area contributed by atoms with E-state index >= 15 is 0 Å². The maximum absolute atomic E-state index is 12.4. The smallest absolute Gasteiger partial charge is 0.303 e. The number of nitrogens with zero attached hydrogens (tertiary/aromatic N) is 3.